The van der Waals surface area contributed by atoms with Crippen LogP contribution in [0, 0.1) is 35.5 Å². The minimum Gasteiger partial charge on any atom is -0.496 e. The summed E-state index contributed by atoms with van der Waals surface area (Å²) in [6, 6.07) is 12.7. The van der Waals surface area contributed by atoms with Gasteiger partial charge in [-0.15, -0.1) is 0 Å². The zero-order valence-electron chi connectivity index (χ0n) is 33.8. The second kappa shape index (κ2) is 21.3. The molecule has 9 heteroatoms. The molecule has 9 atom stereocenters. The Morgan fingerprint density at radius 1 is 0.709 bits per heavy atom. The smallest absolute Gasteiger partial charge is 0.157 e. The van der Waals surface area contributed by atoms with E-state index in [2.05, 4.69) is 30.3 Å². The standard InChI is InChI=1S/C22H32O4.C22H30O4.C2H6O/c2*1-24-21-8-4-6-15-12-18-16(13-19(15)21)14-20(23)17(18)7-5-11-26-22-9-2-3-10-25-22;1-2-3/h4,6,8,16-18,20,22-23H,2-3,5,7,9-14H2,1H3;4,6,8,16-18,22H,2-3,5,7,9-14H2,1H3;3H,2H2,1H3/t16-,17+,18-,20+,22?;16-,17?,18-,22?;/m00./s1. The zero-order valence-corrected chi connectivity index (χ0v) is 33.8. The highest BCUT2D eigenvalue weighted by atomic mass is 16.7. The molecule has 9 nitrogen and oxygen atoms in total. The summed E-state index contributed by atoms with van der Waals surface area (Å²) in [6.45, 7) is 5.03. The van der Waals surface area contributed by atoms with Gasteiger partial charge < -0.3 is 38.6 Å². The first-order valence-electron chi connectivity index (χ1n) is 21.5. The summed E-state index contributed by atoms with van der Waals surface area (Å²) in [7, 11) is 3.49. The molecule has 3 unspecified atom stereocenters. The maximum atomic E-state index is 12.6. The third-order valence-corrected chi connectivity index (χ3v) is 13.2. The largest absolute Gasteiger partial charge is 0.496 e. The minimum atomic E-state index is -0.170. The van der Waals surface area contributed by atoms with E-state index in [1.807, 2.05) is 6.07 Å². The number of hydrogen-bond donors (Lipinski definition) is 2. The molecule has 2 aromatic rings. The highest BCUT2D eigenvalue weighted by Gasteiger charge is 2.46. The summed E-state index contributed by atoms with van der Waals surface area (Å²) in [4.78, 5) is 12.6. The molecule has 8 rings (SSSR count). The monoisotopic (exact) mass is 764 g/mol. The third-order valence-electron chi connectivity index (χ3n) is 13.2. The Morgan fingerprint density at radius 2 is 1.25 bits per heavy atom. The van der Waals surface area contributed by atoms with Gasteiger partial charge in [-0.1, -0.05) is 24.3 Å². The summed E-state index contributed by atoms with van der Waals surface area (Å²) >= 11 is 0. The molecule has 4 fully saturated rings. The van der Waals surface area contributed by atoms with Crippen LogP contribution in [0.5, 0.6) is 11.5 Å². The normalized spacial score (nSPS) is 30.7. The van der Waals surface area contributed by atoms with Crippen molar-refractivity contribution in [2.45, 2.75) is 128 Å². The van der Waals surface area contributed by atoms with Crippen molar-refractivity contribution in [1.82, 2.24) is 0 Å². The number of Topliss-reactive ketones (excluding diaryl/α,β-unsaturated/α-hetero) is 1. The molecule has 4 aliphatic carbocycles. The predicted molar refractivity (Wildman–Crippen MR) is 212 cm³/mol. The lowest BCUT2D eigenvalue weighted by molar-refractivity contribution is -0.163. The van der Waals surface area contributed by atoms with Gasteiger partial charge in [0.15, 0.2) is 12.6 Å². The van der Waals surface area contributed by atoms with Crippen LogP contribution in [0.3, 0.4) is 0 Å². The Labute approximate surface area is 329 Å². The van der Waals surface area contributed by atoms with Crippen LogP contribution in [0.15, 0.2) is 36.4 Å². The number of ketones is 1. The van der Waals surface area contributed by atoms with E-state index in [1.165, 1.54) is 35.1 Å². The Balaban J connectivity index is 0.000000175. The summed E-state index contributed by atoms with van der Waals surface area (Å²) in [5, 5.41) is 18.2. The quantitative estimate of drug-likeness (QED) is 0.210. The maximum Gasteiger partial charge on any atom is 0.157 e. The molecule has 2 N–H and O–H groups in total. The number of methoxy groups -OCH3 is 2. The van der Waals surface area contributed by atoms with Crippen LogP contribution >= 0.6 is 0 Å². The summed E-state index contributed by atoms with van der Waals surface area (Å²) in [6.07, 6.45) is 16.3. The van der Waals surface area contributed by atoms with Crippen molar-refractivity contribution in [2.24, 2.45) is 35.5 Å². The van der Waals surface area contributed by atoms with Crippen molar-refractivity contribution in [3.8, 4) is 11.5 Å². The second-order valence-electron chi connectivity index (χ2n) is 16.5. The predicted octanol–water partition coefficient (Wildman–Crippen LogP) is 7.67. The van der Waals surface area contributed by atoms with Gasteiger partial charge in [-0.05, 0) is 167 Å². The lowest BCUT2D eigenvalue weighted by Gasteiger charge is -2.32. The Bertz CT molecular complexity index is 1470. The van der Waals surface area contributed by atoms with Crippen molar-refractivity contribution >= 4 is 5.78 Å². The number of carbonyl (C=O) groups is 1. The topological polar surface area (TPSA) is 113 Å². The maximum absolute atomic E-state index is 12.6. The fourth-order valence-electron chi connectivity index (χ4n) is 10.5. The Morgan fingerprint density at radius 3 is 1.80 bits per heavy atom. The van der Waals surface area contributed by atoms with E-state index in [-0.39, 0.29) is 31.2 Å². The Hall–Kier alpha value is -2.53. The van der Waals surface area contributed by atoms with Crippen LogP contribution < -0.4 is 9.47 Å². The molecule has 2 aromatic carbocycles. The van der Waals surface area contributed by atoms with Crippen LogP contribution in [0.25, 0.3) is 0 Å². The minimum absolute atomic E-state index is 0.000905. The van der Waals surface area contributed by atoms with E-state index in [4.69, 9.17) is 33.5 Å². The van der Waals surface area contributed by atoms with Gasteiger partial charge in [0, 0.05) is 45.4 Å². The number of ether oxygens (including phenoxy) is 6. The van der Waals surface area contributed by atoms with E-state index >= 15 is 0 Å². The van der Waals surface area contributed by atoms with Crippen molar-refractivity contribution in [2.75, 3.05) is 47.3 Å². The van der Waals surface area contributed by atoms with E-state index < -0.39 is 0 Å². The molecule has 55 heavy (non-hydrogen) atoms. The molecule has 0 radical (unpaired) electrons. The second-order valence-corrected chi connectivity index (χ2v) is 16.5. The van der Waals surface area contributed by atoms with Gasteiger partial charge in [0.2, 0.25) is 0 Å². The van der Waals surface area contributed by atoms with Crippen molar-refractivity contribution in [3.63, 3.8) is 0 Å². The molecular formula is C46H68O9. The number of aliphatic hydroxyl groups is 2. The third kappa shape index (κ3) is 10.9. The van der Waals surface area contributed by atoms with E-state index in [9.17, 15) is 9.90 Å². The SMILES string of the molecule is CCO.COc1cccc2c1C[C@H]1CC(=O)C(CCCOC3CCCCO3)[C@H]1C2.COc1cccc2c1C[C@H]1C[C@@H](O)[C@H](CCCOC3CCCCO3)[C@H]1C2. The highest BCUT2D eigenvalue weighted by Crippen LogP contribution is 2.49. The number of benzene rings is 2. The van der Waals surface area contributed by atoms with Gasteiger partial charge in [0.1, 0.15) is 17.3 Å². The number of rotatable bonds is 12. The molecule has 0 amide bonds. The first kappa shape index (κ1) is 42.1. The van der Waals surface area contributed by atoms with Gasteiger partial charge in [-0.3, -0.25) is 4.79 Å². The van der Waals surface area contributed by atoms with Crippen LogP contribution in [-0.2, 0) is 49.4 Å². The number of carbonyl (C=O) groups excluding carboxylic acids is 1. The van der Waals surface area contributed by atoms with E-state index in [0.29, 0.717) is 42.0 Å². The van der Waals surface area contributed by atoms with Crippen LogP contribution in [0.4, 0.5) is 0 Å². The van der Waals surface area contributed by atoms with Crippen LogP contribution in [-0.4, -0.2) is 81.9 Å². The van der Waals surface area contributed by atoms with Gasteiger partial charge in [-0.2, -0.15) is 0 Å². The first-order valence-corrected chi connectivity index (χ1v) is 21.5. The highest BCUT2D eigenvalue weighted by molar-refractivity contribution is 5.84. The molecule has 2 saturated heterocycles. The van der Waals surface area contributed by atoms with Gasteiger partial charge in [0.25, 0.3) is 0 Å². The van der Waals surface area contributed by atoms with Crippen LogP contribution in [0.2, 0.25) is 0 Å². The van der Waals surface area contributed by atoms with Crippen LogP contribution in [0.1, 0.15) is 106 Å². The molecule has 6 aliphatic rings. The summed E-state index contributed by atoms with van der Waals surface area (Å²) < 4.78 is 34.1. The molecule has 0 bridgehead atoms. The number of aliphatic hydroxyl groups excluding tert-OH is 2. The first-order chi connectivity index (χ1) is 26.9. The van der Waals surface area contributed by atoms with Gasteiger partial charge in [-0.25, -0.2) is 0 Å². The molecular weight excluding hydrogens is 696 g/mol. The number of fused-ring (bicyclic) bond motifs is 4. The summed E-state index contributed by atoms with van der Waals surface area (Å²) in [5.41, 5.74) is 5.47. The molecule has 306 valence electrons. The average Bonchev–Trinajstić information content (AvgIpc) is 3.69. The Kier molecular flexibility index (Phi) is 16.3. The van der Waals surface area contributed by atoms with Gasteiger partial charge in [0.05, 0.1) is 20.3 Å². The summed E-state index contributed by atoms with van der Waals surface area (Å²) in [5.74, 6) is 5.22. The molecule has 2 heterocycles. The van der Waals surface area contributed by atoms with Crippen molar-refractivity contribution < 1.29 is 43.4 Å². The van der Waals surface area contributed by atoms with Crippen molar-refractivity contribution in [3.05, 3.63) is 58.7 Å². The van der Waals surface area contributed by atoms with Crippen molar-refractivity contribution in [1.29, 1.82) is 0 Å². The average molecular weight is 765 g/mol. The number of hydrogen-bond acceptors (Lipinski definition) is 9. The molecule has 2 saturated carbocycles. The molecule has 2 aliphatic heterocycles. The van der Waals surface area contributed by atoms with Gasteiger partial charge >= 0.3 is 0 Å². The molecule has 0 aromatic heterocycles. The van der Waals surface area contributed by atoms with E-state index in [0.717, 1.165) is 121 Å². The lowest BCUT2D eigenvalue weighted by atomic mass is 9.73. The zero-order chi connectivity index (χ0) is 38.6. The fourth-order valence-corrected chi connectivity index (χ4v) is 10.5. The lowest BCUT2D eigenvalue weighted by Crippen LogP contribution is -2.28. The van der Waals surface area contributed by atoms with E-state index in [1.54, 1.807) is 21.1 Å². The molecule has 0 spiro atoms. The fraction of sp³-hybridized carbons (Fsp3) is 0.717.